The van der Waals surface area contributed by atoms with Gasteiger partial charge in [-0.15, -0.1) is 0 Å². The van der Waals surface area contributed by atoms with Gasteiger partial charge in [0.15, 0.2) is 0 Å². The van der Waals surface area contributed by atoms with E-state index >= 15 is 0 Å². The van der Waals surface area contributed by atoms with Crippen molar-refractivity contribution in [2.24, 2.45) is 21.8 Å². The molecule has 0 aromatic carbocycles. The molecule has 0 radical (unpaired) electrons. The quantitative estimate of drug-likeness (QED) is 0.674. The first-order chi connectivity index (χ1) is 11.9. The molecular weight excluding hydrogens is 308 g/mol. The standard InChI is InChI=1S/C21H40N4/c1-16(24(3)4)18-7-11-20(12-8-18)22-15-23-21-13-9-19(10-14-21)17(2)25(5)6/h16-21H,7-14H2,1-6H3. The predicted molar refractivity (Wildman–Crippen MR) is 108 cm³/mol. The second kappa shape index (κ2) is 9.85. The van der Waals surface area contributed by atoms with Crippen molar-refractivity contribution >= 4 is 6.01 Å². The van der Waals surface area contributed by atoms with Crippen molar-refractivity contribution in [2.45, 2.75) is 89.4 Å². The summed E-state index contributed by atoms with van der Waals surface area (Å²) in [7, 11) is 8.76. The molecule has 0 aromatic heterocycles. The van der Waals surface area contributed by atoms with Gasteiger partial charge in [-0.1, -0.05) is 0 Å². The van der Waals surface area contributed by atoms with Crippen LogP contribution in [0.15, 0.2) is 9.98 Å². The summed E-state index contributed by atoms with van der Waals surface area (Å²) in [5.41, 5.74) is 0. The molecule has 144 valence electrons. The number of hydrogen-bond acceptors (Lipinski definition) is 4. The third-order valence-corrected chi connectivity index (χ3v) is 6.96. The topological polar surface area (TPSA) is 31.2 Å². The summed E-state index contributed by atoms with van der Waals surface area (Å²) < 4.78 is 0. The van der Waals surface area contributed by atoms with Crippen LogP contribution in [-0.2, 0) is 0 Å². The number of hydrogen-bond donors (Lipinski definition) is 0. The summed E-state index contributed by atoms with van der Waals surface area (Å²) in [6.07, 6.45) is 10.0. The Bertz CT molecular complexity index is 399. The van der Waals surface area contributed by atoms with Crippen molar-refractivity contribution in [3.8, 4) is 0 Å². The Morgan fingerprint density at radius 2 is 0.960 bits per heavy atom. The van der Waals surface area contributed by atoms with E-state index in [0.29, 0.717) is 24.2 Å². The van der Waals surface area contributed by atoms with Crippen molar-refractivity contribution in [1.82, 2.24) is 9.80 Å². The summed E-state index contributed by atoms with van der Waals surface area (Å²) in [5.74, 6) is 1.65. The highest BCUT2D eigenvalue weighted by atomic mass is 15.1. The second-order valence-corrected chi connectivity index (χ2v) is 8.90. The van der Waals surface area contributed by atoms with Gasteiger partial charge in [-0.05, 0) is 105 Å². The van der Waals surface area contributed by atoms with Crippen molar-refractivity contribution in [3.63, 3.8) is 0 Å². The van der Waals surface area contributed by atoms with E-state index in [4.69, 9.17) is 0 Å². The zero-order valence-electron chi connectivity index (χ0n) is 17.4. The van der Waals surface area contributed by atoms with Gasteiger partial charge in [0, 0.05) is 12.1 Å². The summed E-state index contributed by atoms with van der Waals surface area (Å²) in [5, 5.41) is 0. The largest absolute Gasteiger partial charge is 0.306 e. The van der Waals surface area contributed by atoms with Crippen LogP contribution in [0.4, 0.5) is 0 Å². The monoisotopic (exact) mass is 348 g/mol. The predicted octanol–water partition coefficient (Wildman–Crippen LogP) is 4.18. The minimum Gasteiger partial charge on any atom is -0.306 e. The Labute approximate surface area is 155 Å². The van der Waals surface area contributed by atoms with E-state index in [1.807, 2.05) is 0 Å². The Morgan fingerprint density at radius 3 is 1.24 bits per heavy atom. The van der Waals surface area contributed by atoms with Gasteiger partial charge in [-0.25, -0.2) is 9.98 Å². The second-order valence-electron chi connectivity index (χ2n) is 8.90. The van der Waals surface area contributed by atoms with Crippen molar-refractivity contribution < 1.29 is 0 Å². The highest BCUT2D eigenvalue weighted by molar-refractivity contribution is 5.42. The number of aliphatic imine (C=N–C) groups is 2. The molecule has 0 bridgehead atoms. The van der Waals surface area contributed by atoms with Crippen LogP contribution in [0.5, 0.6) is 0 Å². The van der Waals surface area contributed by atoms with Crippen molar-refractivity contribution in [2.75, 3.05) is 28.2 Å². The van der Waals surface area contributed by atoms with Crippen LogP contribution in [0.2, 0.25) is 0 Å². The maximum Gasteiger partial charge on any atom is 0.0898 e. The first kappa shape index (κ1) is 20.6. The maximum absolute atomic E-state index is 4.66. The zero-order chi connectivity index (χ0) is 18.4. The summed E-state index contributed by atoms with van der Waals surface area (Å²) in [6.45, 7) is 4.70. The van der Waals surface area contributed by atoms with E-state index < -0.39 is 0 Å². The highest BCUT2D eigenvalue weighted by Crippen LogP contribution is 2.31. The maximum atomic E-state index is 4.66. The fraction of sp³-hybridized carbons (Fsp3) is 0.952. The van der Waals surface area contributed by atoms with E-state index in [9.17, 15) is 0 Å². The van der Waals surface area contributed by atoms with Gasteiger partial charge in [0.1, 0.15) is 0 Å². The average molecular weight is 349 g/mol. The van der Waals surface area contributed by atoms with E-state index in [0.717, 1.165) is 11.8 Å². The van der Waals surface area contributed by atoms with Gasteiger partial charge >= 0.3 is 0 Å². The lowest BCUT2D eigenvalue weighted by molar-refractivity contribution is 0.177. The molecule has 0 saturated heterocycles. The lowest BCUT2D eigenvalue weighted by Crippen LogP contribution is -2.35. The van der Waals surface area contributed by atoms with Crippen LogP contribution in [0.3, 0.4) is 0 Å². The lowest BCUT2D eigenvalue weighted by atomic mass is 9.82. The SMILES string of the molecule is CC(C1CCC(N=C=NC2CCC(C(C)N(C)C)CC2)CC1)N(C)C. The van der Waals surface area contributed by atoms with Crippen LogP contribution in [0.1, 0.15) is 65.2 Å². The van der Waals surface area contributed by atoms with E-state index in [1.54, 1.807) is 0 Å². The highest BCUT2D eigenvalue weighted by Gasteiger charge is 2.27. The van der Waals surface area contributed by atoms with Crippen LogP contribution in [0.25, 0.3) is 0 Å². The Morgan fingerprint density at radius 1 is 0.640 bits per heavy atom. The molecule has 4 heteroatoms. The Balaban J connectivity index is 1.73. The molecule has 0 spiro atoms. The van der Waals surface area contributed by atoms with Crippen LogP contribution < -0.4 is 0 Å². The molecule has 4 nitrogen and oxygen atoms in total. The average Bonchev–Trinajstić information content (AvgIpc) is 2.61. The summed E-state index contributed by atoms with van der Waals surface area (Å²) in [6, 6.07) is 5.36. The first-order valence-corrected chi connectivity index (χ1v) is 10.4. The minimum absolute atomic E-state index is 0.458. The molecule has 0 aliphatic heterocycles. The van der Waals surface area contributed by atoms with Crippen LogP contribution in [-0.4, -0.2) is 68.2 Å². The lowest BCUT2D eigenvalue weighted by Gasteiger charge is -2.34. The molecule has 2 unspecified atom stereocenters. The van der Waals surface area contributed by atoms with Crippen LogP contribution in [0, 0.1) is 11.8 Å². The summed E-state index contributed by atoms with van der Waals surface area (Å²) in [4.78, 5) is 14.0. The fourth-order valence-corrected chi connectivity index (χ4v) is 4.47. The molecule has 2 aliphatic rings. The zero-order valence-corrected chi connectivity index (χ0v) is 17.4. The van der Waals surface area contributed by atoms with E-state index in [1.165, 1.54) is 51.4 Å². The Kier molecular flexibility index (Phi) is 8.12. The van der Waals surface area contributed by atoms with Gasteiger partial charge in [-0.2, -0.15) is 0 Å². The van der Waals surface area contributed by atoms with Gasteiger partial charge in [-0.3, -0.25) is 0 Å². The molecule has 0 heterocycles. The van der Waals surface area contributed by atoms with E-state index in [-0.39, 0.29) is 0 Å². The van der Waals surface area contributed by atoms with Crippen molar-refractivity contribution in [3.05, 3.63) is 0 Å². The molecular formula is C21H40N4. The molecule has 25 heavy (non-hydrogen) atoms. The van der Waals surface area contributed by atoms with Crippen molar-refractivity contribution in [1.29, 1.82) is 0 Å². The molecule has 0 amide bonds. The molecule has 2 rings (SSSR count). The third kappa shape index (κ3) is 6.20. The summed E-state index contributed by atoms with van der Waals surface area (Å²) >= 11 is 0. The van der Waals surface area contributed by atoms with Gasteiger partial charge in [0.05, 0.1) is 18.1 Å². The minimum atomic E-state index is 0.458. The fourth-order valence-electron chi connectivity index (χ4n) is 4.47. The Hall–Kier alpha value is -0.700. The molecule has 2 aliphatic carbocycles. The van der Waals surface area contributed by atoms with Gasteiger partial charge in [0.2, 0.25) is 0 Å². The van der Waals surface area contributed by atoms with Gasteiger partial charge < -0.3 is 9.80 Å². The first-order valence-electron chi connectivity index (χ1n) is 10.4. The molecule has 2 atom stereocenters. The molecule has 2 saturated carbocycles. The molecule has 0 aromatic rings. The number of rotatable bonds is 6. The molecule has 2 fully saturated rings. The molecule has 0 N–H and O–H groups in total. The van der Waals surface area contributed by atoms with E-state index in [2.05, 4.69) is 67.8 Å². The van der Waals surface area contributed by atoms with Gasteiger partial charge in [0.25, 0.3) is 0 Å². The number of nitrogens with zero attached hydrogens (tertiary/aromatic N) is 4. The normalized spacial score (nSPS) is 33.0. The smallest absolute Gasteiger partial charge is 0.0898 e. The van der Waals surface area contributed by atoms with Crippen LogP contribution >= 0.6 is 0 Å². The third-order valence-electron chi connectivity index (χ3n) is 6.96.